The molecule has 5 heteroatoms. The van der Waals surface area contributed by atoms with Crippen molar-refractivity contribution in [2.45, 2.75) is 31.9 Å². The van der Waals surface area contributed by atoms with Crippen LogP contribution in [0.5, 0.6) is 0 Å². The third kappa shape index (κ3) is 3.78. The molecule has 1 aliphatic carbocycles. The van der Waals surface area contributed by atoms with Gasteiger partial charge in [0, 0.05) is 17.3 Å². The van der Waals surface area contributed by atoms with E-state index in [1.807, 2.05) is 49.4 Å². The summed E-state index contributed by atoms with van der Waals surface area (Å²) in [6, 6.07) is 16.7. The summed E-state index contributed by atoms with van der Waals surface area (Å²) in [5.41, 5.74) is 2.34. The Kier molecular flexibility index (Phi) is 4.77. The van der Waals surface area contributed by atoms with Crippen LogP contribution >= 0.6 is 0 Å². The van der Waals surface area contributed by atoms with Gasteiger partial charge in [-0.3, -0.25) is 9.78 Å². The van der Waals surface area contributed by atoms with E-state index in [0.29, 0.717) is 18.4 Å². The van der Waals surface area contributed by atoms with Crippen molar-refractivity contribution in [1.82, 2.24) is 10.3 Å². The fraction of sp³-hybridized carbons (Fsp3) is 0.273. The third-order valence-electron chi connectivity index (χ3n) is 5.09. The van der Waals surface area contributed by atoms with Gasteiger partial charge >= 0.3 is 0 Å². The van der Waals surface area contributed by atoms with Crippen LogP contribution in [0.1, 0.15) is 40.7 Å². The first-order chi connectivity index (χ1) is 13.1. The Bertz CT molecular complexity index is 912. The number of amides is 1. The zero-order valence-electron chi connectivity index (χ0n) is 15.1. The molecule has 0 aliphatic heterocycles. The molecule has 1 atom stereocenters. The zero-order chi connectivity index (χ0) is 18.8. The van der Waals surface area contributed by atoms with Crippen LogP contribution < -0.4 is 5.32 Å². The summed E-state index contributed by atoms with van der Waals surface area (Å²) < 4.78 is 5.62. The second kappa shape index (κ2) is 7.37. The number of aliphatic hydroxyl groups is 1. The maximum absolute atomic E-state index is 12.8. The first kappa shape index (κ1) is 17.5. The lowest BCUT2D eigenvalue weighted by atomic mass is 9.76. The van der Waals surface area contributed by atoms with Gasteiger partial charge in [0.05, 0.1) is 17.8 Å². The minimum atomic E-state index is -0.283. The molecule has 2 N–H and O–H groups in total. The van der Waals surface area contributed by atoms with Gasteiger partial charge in [0.2, 0.25) is 0 Å². The normalized spacial score (nSPS) is 19.9. The number of benzene rings is 1. The second-order valence-electron chi connectivity index (χ2n) is 7.08. The van der Waals surface area contributed by atoms with Crippen LogP contribution in [-0.4, -0.2) is 22.1 Å². The highest BCUT2D eigenvalue weighted by molar-refractivity contribution is 5.94. The summed E-state index contributed by atoms with van der Waals surface area (Å²) >= 11 is 0. The van der Waals surface area contributed by atoms with E-state index in [0.717, 1.165) is 22.8 Å². The molecule has 0 saturated heterocycles. The Morgan fingerprint density at radius 2 is 1.93 bits per heavy atom. The number of rotatable bonds is 5. The van der Waals surface area contributed by atoms with E-state index in [9.17, 15) is 9.90 Å². The Morgan fingerprint density at radius 1 is 1.15 bits per heavy atom. The van der Waals surface area contributed by atoms with Gasteiger partial charge in [-0.15, -0.1) is 0 Å². The third-order valence-corrected chi connectivity index (χ3v) is 5.09. The van der Waals surface area contributed by atoms with Gasteiger partial charge in [-0.05, 0) is 62.1 Å². The Hall–Kier alpha value is -2.92. The molecule has 0 spiro atoms. The van der Waals surface area contributed by atoms with Crippen molar-refractivity contribution in [3.05, 3.63) is 77.8 Å². The maximum Gasteiger partial charge on any atom is 0.251 e. The van der Waals surface area contributed by atoms with Gasteiger partial charge < -0.3 is 14.8 Å². The van der Waals surface area contributed by atoms with Gasteiger partial charge in [-0.25, -0.2) is 0 Å². The Balaban J connectivity index is 1.51. The smallest absolute Gasteiger partial charge is 0.251 e. The summed E-state index contributed by atoms with van der Waals surface area (Å²) in [6.07, 6.45) is 2.80. The SMILES string of the molecule is Cc1ccc(-c2ccc(C(=O)N[C@@H](c3ccccn3)C3CC(O)C3)cc2)o1. The molecule has 1 aromatic carbocycles. The van der Waals surface area contributed by atoms with E-state index in [1.165, 1.54) is 0 Å². The first-order valence-electron chi connectivity index (χ1n) is 9.17. The predicted molar refractivity (Wildman–Crippen MR) is 102 cm³/mol. The molecule has 2 aromatic heterocycles. The van der Waals surface area contributed by atoms with Crippen molar-refractivity contribution < 1.29 is 14.3 Å². The second-order valence-corrected chi connectivity index (χ2v) is 7.08. The lowest BCUT2D eigenvalue weighted by molar-refractivity contribution is 0.0228. The molecular weight excluding hydrogens is 340 g/mol. The molecule has 0 radical (unpaired) electrons. The van der Waals surface area contributed by atoms with Crippen molar-refractivity contribution >= 4 is 5.91 Å². The zero-order valence-corrected chi connectivity index (χ0v) is 15.1. The van der Waals surface area contributed by atoms with Crippen LogP contribution in [0.2, 0.25) is 0 Å². The first-order valence-corrected chi connectivity index (χ1v) is 9.17. The van der Waals surface area contributed by atoms with Crippen LogP contribution in [0, 0.1) is 12.8 Å². The molecule has 138 valence electrons. The van der Waals surface area contributed by atoms with Gasteiger partial charge in [0.25, 0.3) is 5.91 Å². The van der Waals surface area contributed by atoms with Crippen molar-refractivity contribution in [1.29, 1.82) is 0 Å². The molecule has 4 rings (SSSR count). The number of aryl methyl sites for hydroxylation is 1. The lowest BCUT2D eigenvalue weighted by Gasteiger charge is -2.37. The van der Waals surface area contributed by atoms with Crippen LogP contribution in [0.15, 0.2) is 65.2 Å². The molecule has 27 heavy (non-hydrogen) atoms. The molecule has 1 saturated carbocycles. The number of nitrogens with zero attached hydrogens (tertiary/aromatic N) is 1. The van der Waals surface area contributed by atoms with Gasteiger partial charge in [0.1, 0.15) is 11.5 Å². The van der Waals surface area contributed by atoms with Crippen LogP contribution in [0.25, 0.3) is 11.3 Å². The van der Waals surface area contributed by atoms with E-state index in [2.05, 4.69) is 10.3 Å². The molecule has 0 unspecified atom stereocenters. The van der Waals surface area contributed by atoms with E-state index in [1.54, 1.807) is 18.3 Å². The average molecular weight is 362 g/mol. The van der Waals surface area contributed by atoms with E-state index in [-0.39, 0.29) is 24.0 Å². The number of aliphatic hydroxyl groups excluding tert-OH is 1. The molecule has 0 bridgehead atoms. The highest BCUT2D eigenvalue weighted by Gasteiger charge is 2.36. The van der Waals surface area contributed by atoms with Crippen molar-refractivity contribution in [3.8, 4) is 11.3 Å². The number of aromatic nitrogens is 1. The number of carbonyl (C=O) groups excluding carboxylic acids is 1. The average Bonchev–Trinajstić information content (AvgIpc) is 3.11. The maximum atomic E-state index is 12.8. The number of hydrogen-bond donors (Lipinski definition) is 2. The summed E-state index contributed by atoms with van der Waals surface area (Å²) in [7, 11) is 0. The molecule has 1 amide bonds. The number of hydrogen-bond acceptors (Lipinski definition) is 4. The number of furan rings is 1. The molecular formula is C22H22N2O3. The topological polar surface area (TPSA) is 75.4 Å². The Morgan fingerprint density at radius 3 is 2.52 bits per heavy atom. The van der Waals surface area contributed by atoms with Crippen LogP contribution in [0.3, 0.4) is 0 Å². The minimum absolute atomic E-state index is 0.144. The standard InChI is InChI=1S/C22H22N2O3/c1-14-5-10-20(27-14)15-6-8-16(9-7-15)22(26)24-21(17-12-18(25)13-17)19-4-2-3-11-23-19/h2-11,17-18,21,25H,12-13H2,1H3,(H,24,26)/t17?,18?,21-/m1/s1. The number of carbonyl (C=O) groups is 1. The largest absolute Gasteiger partial charge is 0.461 e. The summed E-state index contributed by atoms with van der Waals surface area (Å²) in [5, 5.41) is 12.8. The van der Waals surface area contributed by atoms with E-state index in [4.69, 9.17) is 4.42 Å². The van der Waals surface area contributed by atoms with Crippen molar-refractivity contribution in [2.75, 3.05) is 0 Å². The summed E-state index contributed by atoms with van der Waals surface area (Å²) in [5.74, 6) is 1.69. The number of pyridine rings is 1. The highest BCUT2D eigenvalue weighted by Crippen LogP contribution is 2.37. The fourth-order valence-electron chi connectivity index (χ4n) is 3.50. The molecule has 1 aliphatic rings. The molecule has 2 heterocycles. The van der Waals surface area contributed by atoms with Crippen molar-refractivity contribution in [3.63, 3.8) is 0 Å². The quantitative estimate of drug-likeness (QED) is 0.722. The van der Waals surface area contributed by atoms with Gasteiger partial charge in [0.15, 0.2) is 0 Å². The number of nitrogens with one attached hydrogen (secondary N) is 1. The van der Waals surface area contributed by atoms with Gasteiger partial charge in [-0.2, -0.15) is 0 Å². The van der Waals surface area contributed by atoms with E-state index < -0.39 is 0 Å². The Labute approximate surface area is 158 Å². The molecule has 1 fully saturated rings. The lowest BCUT2D eigenvalue weighted by Crippen LogP contribution is -2.41. The molecule has 3 aromatic rings. The molecule has 5 nitrogen and oxygen atoms in total. The minimum Gasteiger partial charge on any atom is -0.461 e. The summed E-state index contributed by atoms with van der Waals surface area (Å²) in [6.45, 7) is 1.90. The van der Waals surface area contributed by atoms with Crippen molar-refractivity contribution in [2.24, 2.45) is 5.92 Å². The van der Waals surface area contributed by atoms with Crippen LogP contribution in [0.4, 0.5) is 0 Å². The van der Waals surface area contributed by atoms with E-state index >= 15 is 0 Å². The fourth-order valence-corrected chi connectivity index (χ4v) is 3.50. The summed E-state index contributed by atoms with van der Waals surface area (Å²) in [4.78, 5) is 17.2. The monoisotopic (exact) mass is 362 g/mol. The van der Waals surface area contributed by atoms with Crippen LogP contribution in [-0.2, 0) is 0 Å². The predicted octanol–water partition coefficient (Wildman–Crippen LogP) is 3.89. The van der Waals surface area contributed by atoms with Gasteiger partial charge in [-0.1, -0.05) is 18.2 Å². The highest BCUT2D eigenvalue weighted by atomic mass is 16.3.